The molecule has 0 saturated heterocycles. The van der Waals surface area contributed by atoms with Crippen LogP contribution in [0.1, 0.15) is 64.0 Å². The van der Waals surface area contributed by atoms with Crippen molar-refractivity contribution in [2.75, 3.05) is 0 Å². The van der Waals surface area contributed by atoms with Crippen LogP contribution in [0.5, 0.6) is 0 Å². The van der Waals surface area contributed by atoms with E-state index < -0.39 is 0 Å². The van der Waals surface area contributed by atoms with Crippen LogP contribution in [0.25, 0.3) is 0 Å². The van der Waals surface area contributed by atoms with Crippen molar-refractivity contribution in [2.45, 2.75) is 58.3 Å². The molecule has 0 radical (unpaired) electrons. The van der Waals surface area contributed by atoms with Crippen LogP contribution in [0.2, 0.25) is 0 Å². The van der Waals surface area contributed by atoms with Crippen LogP contribution in [0.3, 0.4) is 0 Å². The third-order valence-corrected chi connectivity index (χ3v) is 3.10. The van der Waals surface area contributed by atoms with Crippen molar-refractivity contribution in [1.29, 1.82) is 0 Å². The second-order valence-electron chi connectivity index (χ2n) is 4.63. The topological polar surface area (TPSA) is 45.5 Å². The van der Waals surface area contributed by atoms with Crippen LogP contribution in [-0.4, -0.2) is 15.9 Å². The molecule has 100 valence electrons. The number of aromatic nitrogens is 1. The second kappa shape index (κ2) is 9.63. The van der Waals surface area contributed by atoms with Gasteiger partial charge in [-0.05, 0) is 25.0 Å². The maximum absolute atomic E-state index is 9.00. The van der Waals surface area contributed by atoms with Gasteiger partial charge in [0.25, 0.3) is 0 Å². The van der Waals surface area contributed by atoms with E-state index in [2.05, 4.69) is 17.1 Å². The summed E-state index contributed by atoms with van der Waals surface area (Å²) in [5, 5.41) is 12.4. The highest BCUT2D eigenvalue weighted by Gasteiger charge is 2.04. The van der Waals surface area contributed by atoms with Gasteiger partial charge in [0.15, 0.2) is 0 Å². The average Bonchev–Trinajstić information content (AvgIpc) is 2.43. The highest BCUT2D eigenvalue weighted by atomic mass is 16.4. The van der Waals surface area contributed by atoms with E-state index in [1.54, 1.807) is 6.20 Å². The molecule has 0 aromatic carbocycles. The maximum Gasteiger partial charge on any atom is 0.105 e. The molecule has 0 aliphatic heterocycles. The fraction of sp³-hybridized carbons (Fsp3) is 0.600. The zero-order chi connectivity index (χ0) is 13.1. The van der Waals surface area contributed by atoms with Gasteiger partial charge in [0.1, 0.15) is 5.71 Å². The van der Waals surface area contributed by atoms with Gasteiger partial charge in [-0.3, -0.25) is 4.98 Å². The third-order valence-electron chi connectivity index (χ3n) is 3.10. The monoisotopic (exact) mass is 248 g/mol. The van der Waals surface area contributed by atoms with Gasteiger partial charge in [-0.2, -0.15) is 0 Å². The lowest BCUT2D eigenvalue weighted by atomic mass is 10.1. The average molecular weight is 248 g/mol. The largest absolute Gasteiger partial charge is 0.411 e. The fourth-order valence-electron chi connectivity index (χ4n) is 2.01. The molecule has 1 aromatic heterocycles. The molecule has 0 spiro atoms. The Morgan fingerprint density at radius 2 is 1.83 bits per heavy atom. The van der Waals surface area contributed by atoms with E-state index in [4.69, 9.17) is 5.21 Å². The number of oxime groups is 1. The number of nitrogens with zero attached hydrogens (tertiary/aromatic N) is 2. The Labute approximate surface area is 110 Å². The van der Waals surface area contributed by atoms with Crippen molar-refractivity contribution < 1.29 is 5.21 Å². The molecule has 3 heteroatoms. The van der Waals surface area contributed by atoms with E-state index in [1.807, 2.05) is 18.2 Å². The van der Waals surface area contributed by atoms with Crippen LogP contribution < -0.4 is 0 Å². The summed E-state index contributed by atoms with van der Waals surface area (Å²) in [6, 6.07) is 5.67. The Hall–Kier alpha value is -1.38. The molecular weight excluding hydrogens is 224 g/mol. The summed E-state index contributed by atoms with van der Waals surface area (Å²) < 4.78 is 0. The van der Waals surface area contributed by atoms with E-state index in [0.717, 1.165) is 18.5 Å². The summed E-state index contributed by atoms with van der Waals surface area (Å²) in [4.78, 5) is 4.20. The van der Waals surface area contributed by atoms with Crippen LogP contribution in [0.15, 0.2) is 29.6 Å². The van der Waals surface area contributed by atoms with Gasteiger partial charge in [-0.1, -0.05) is 56.7 Å². The van der Waals surface area contributed by atoms with Gasteiger partial charge in [-0.15, -0.1) is 0 Å². The van der Waals surface area contributed by atoms with E-state index in [0.29, 0.717) is 5.71 Å². The van der Waals surface area contributed by atoms with Crippen molar-refractivity contribution in [2.24, 2.45) is 5.16 Å². The van der Waals surface area contributed by atoms with Crippen molar-refractivity contribution >= 4 is 5.71 Å². The zero-order valence-electron chi connectivity index (χ0n) is 11.3. The summed E-state index contributed by atoms with van der Waals surface area (Å²) >= 11 is 0. The smallest absolute Gasteiger partial charge is 0.105 e. The lowest BCUT2D eigenvalue weighted by Gasteiger charge is -2.04. The molecule has 1 N–H and O–H groups in total. The molecule has 0 amide bonds. The SMILES string of the molecule is CCCCCCCCCC(=NO)c1ccccn1. The maximum atomic E-state index is 9.00. The highest BCUT2D eigenvalue weighted by Crippen LogP contribution is 2.11. The molecule has 0 bridgehead atoms. The molecule has 0 aliphatic carbocycles. The Morgan fingerprint density at radius 1 is 1.11 bits per heavy atom. The molecule has 0 unspecified atom stereocenters. The minimum Gasteiger partial charge on any atom is -0.411 e. The van der Waals surface area contributed by atoms with Crippen molar-refractivity contribution in [1.82, 2.24) is 4.98 Å². The van der Waals surface area contributed by atoms with Gasteiger partial charge >= 0.3 is 0 Å². The first-order valence-corrected chi connectivity index (χ1v) is 7.00. The summed E-state index contributed by atoms with van der Waals surface area (Å²) in [5.41, 5.74) is 1.48. The first-order chi connectivity index (χ1) is 8.88. The van der Waals surface area contributed by atoms with E-state index in [-0.39, 0.29) is 0 Å². The molecule has 0 aliphatic rings. The summed E-state index contributed by atoms with van der Waals surface area (Å²) in [7, 11) is 0. The summed E-state index contributed by atoms with van der Waals surface area (Å²) in [6.45, 7) is 2.23. The molecule has 3 nitrogen and oxygen atoms in total. The normalized spacial score (nSPS) is 11.7. The fourth-order valence-corrected chi connectivity index (χ4v) is 2.01. The van der Waals surface area contributed by atoms with E-state index in [9.17, 15) is 0 Å². The van der Waals surface area contributed by atoms with Crippen molar-refractivity contribution in [3.63, 3.8) is 0 Å². The van der Waals surface area contributed by atoms with Gasteiger partial charge in [0.05, 0.1) is 5.69 Å². The number of pyridine rings is 1. The van der Waals surface area contributed by atoms with E-state index >= 15 is 0 Å². The Morgan fingerprint density at radius 3 is 2.44 bits per heavy atom. The lowest BCUT2D eigenvalue weighted by Crippen LogP contribution is -2.03. The van der Waals surface area contributed by atoms with Crippen LogP contribution in [0.4, 0.5) is 0 Å². The summed E-state index contributed by atoms with van der Waals surface area (Å²) in [5.74, 6) is 0. The molecule has 18 heavy (non-hydrogen) atoms. The Bertz CT molecular complexity index is 336. The lowest BCUT2D eigenvalue weighted by molar-refractivity contribution is 0.317. The highest BCUT2D eigenvalue weighted by molar-refractivity contribution is 5.98. The number of hydrogen-bond donors (Lipinski definition) is 1. The van der Waals surface area contributed by atoms with Crippen LogP contribution >= 0.6 is 0 Å². The van der Waals surface area contributed by atoms with Crippen LogP contribution in [-0.2, 0) is 0 Å². The predicted octanol–water partition coefficient (Wildman–Crippen LogP) is 4.40. The minimum atomic E-state index is 0.698. The molecule has 1 rings (SSSR count). The van der Waals surface area contributed by atoms with Gasteiger partial charge in [0.2, 0.25) is 0 Å². The van der Waals surface area contributed by atoms with Gasteiger partial charge in [-0.25, -0.2) is 0 Å². The first-order valence-electron chi connectivity index (χ1n) is 7.00. The zero-order valence-corrected chi connectivity index (χ0v) is 11.3. The molecular formula is C15H24N2O. The third kappa shape index (κ3) is 5.80. The first kappa shape index (κ1) is 14.7. The Balaban J connectivity index is 2.18. The summed E-state index contributed by atoms with van der Waals surface area (Å²) in [6.07, 6.45) is 11.4. The molecule has 1 heterocycles. The predicted molar refractivity (Wildman–Crippen MR) is 75.2 cm³/mol. The molecule has 0 saturated carbocycles. The number of rotatable bonds is 9. The molecule has 0 atom stereocenters. The number of hydrogen-bond acceptors (Lipinski definition) is 3. The molecule has 1 aromatic rings. The van der Waals surface area contributed by atoms with E-state index in [1.165, 1.54) is 38.5 Å². The standard InChI is InChI=1S/C15H24N2O/c1-2-3-4-5-6-7-8-12-15(17-18)14-11-9-10-13-16-14/h9-11,13,18H,2-8,12H2,1H3. The number of unbranched alkanes of at least 4 members (excludes halogenated alkanes) is 6. The minimum absolute atomic E-state index is 0.698. The molecule has 0 fully saturated rings. The van der Waals surface area contributed by atoms with Crippen molar-refractivity contribution in [3.05, 3.63) is 30.1 Å². The van der Waals surface area contributed by atoms with Gasteiger partial charge < -0.3 is 5.21 Å². The Kier molecular flexibility index (Phi) is 7.85. The second-order valence-corrected chi connectivity index (χ2v) is 4.63. The van der Waals surface area contributed by atoms with Crippen LogP contribution in [0, 0.1) is 0 Å². The van der Waals surface area contributed by atoms with Crippen molar-refractivity contribution in [3.8, 4) is 0 Å². The quantitative estimate of drug-likeness (QED) is 0.305. The van der Waals surface area contributed by atoms with Gasteiger partial charge in [0, 0.05) is 6.20 Å².